The van der Waals surface area contributed by atoms with Gasteiger partial charge in [-0.2, -0.15) is 5.10 Å². The number of benzene rings is 1. The summed E-state index contributed by atoms with van der Waals surface area (Å²) < 4.78 is 10.7. The van der Waals surface area contributed by atoms with Crippen molar-refractivity contribution in [2.45, 2.75) is 25.8 Å². The van der Waals surface area contributed by atoms with Crippen LogP contribution in [0.15, 0.2) is 36.5 Å². The average molecular weight is 365 g/mol. The first kappa shape index (κ1) is 17.5. The second kappa shape index (κ2) is 7.75. The Labute approximate surface area is 158 Å². The van der Waals surface area contributed by atoms with Gasteiger partial charge in [-0.3, -0.25) is 5.10 Å². The molecule has 4 rings (SSSR count). The van der Waals surface area contributed by atoms with E-state index in [4.69, 9.17) is 9.47 Å². The van der Waals surface area contributed by atoms with Gasteiger partial charge in [0, 0.05) is 36.3 Å². The van der Waals surface area contributed by atoms with E-state index >= 15 is 0 Å². The first-order chi connectivity index (χ1) is 13.2. The Morgan fingerprint density at radius 1 is 1.26 bits per heavy atom. The number of aromatic nitrogens is 4. The number of hydrogen-bond acceptors (Lipinski definition) is 6. The molecule has 0 bridgehead atoms. The Hall–Kier alpha value is -2.93. The van der Waals surface area contributed by atoms with Crippen LogP contribution in [-0.4, -0.2) is 40.5 Å². The first-order valence-electron chi connectivity index (χ1n) is 9.07. The molecule has 1 atom stereocenters. The van der Waals surface area contributed by atoms with E-state index in [1.54, 1.807) is 7.11 Å². The largest absolute Gasteiger partial charge is 0.497 e. The molecule has 140 valence electrons. The number of aryl methyl sites for hydroxylation is 1. The molecule has 3 heterocycles. The van der Waals surface area contributed by atoms with Crippen molar-refractivity contribution in [2.75, 3.05) is 25.6 Å². The Morgan fingerprint density at radius 2 is 2.11 bits per heavy atom. The average Bonchev–Trinajstić information content (AvgIpc) is 3.38. The number of rotatable bonds is 6. The molecule has 1 aliphatic heterocycles. The number of ether oxygens (including phenoxy) is 2. The number of anilines is 1. The van der Waals surface area contributed by atoms with E-state index in [0.29, 0.717) is 12.5 Å². The number of methoxy groups -OCH3 is 1. The van der Waals surface area contributed by atoms with Gasteiger partial charge in [-0.05, 0) is 37.6 Å². The van der Waals surface area contributed by atoms with Crippen molar-refractivity contribution in [3.63, 3.8) is 0 Å². The van der Waals surface area contributed by atoms with Crippen LogP contribution in [0.2, 0.25) is 0 Å². The minimum Gasteiger partial charge on any atom is -0.497 e. The highest BCUT2D eigenvalue weighted by atomic mass is 16.5. The van der Waals surface area contributed by atoms with Crippen LogP contribution < -0.4 is 10.1 Å². The van der Waals surface area contributed by atoms with Crippen LogP contribution in [0.4, 0.5) is 5.82 Å². The second-order valence-corrected chi connectivity index (χ2v) is 6.64. The van der Waals surface area contributed by atoms with Crippen LogP contribution >= 0.6 is 0 Å². The molecular weight excluding hydrogens is 342 g/mol. The fourth-order valence-electron chi connectivity index (χ4n) is 3.30. The smallest absolute Gasteiger partial charge is 0.130 e. The van der Waals surface area contributed by atoms with Gasteiger partial charge in [0.2, 0.25) is 0 Å². The number of nitrogens with one attached hydrogen (secondary N) is 2. The maximum atomic E-state index is 5.49. The van der Waals surface area contributed by atoms with Gasteiger partial charge in [-0.25, -0.2) is 9.97 Å². The molecule has 0 unspecified atom stereocenters. The zero-order chi connectivity index (χ0) is 18.6. The van der Waals surface area contributed by atoms with Crippen LogP contribution in [0.25, 0.3) is 11.3 Å². The topological polar surface area (TPSA) is 85.0 Å². The van der Waals surface area contributed by atoms with Gasteiger partial charge in [0.25, 0.3) is 0 Å². The summed E-state index contributed by atoms with van der Waals surface area (Å²) in [5.74, 6) is 2.78. The van der Waals surface area contributed by atoms with E-state index in [1.165, 1.54) is 0 Å². The van der Waals surface area contributed by atoms with Crippen molar-refractivity contribution in [3.05, 3.63) is 53.6 Å². The lowest BCUT2D eigenvalue weighted by Gasteiger charge is -2.12. The van der Waals surface area contributed by atoms with Crippen molar-refractivity contribution >= 4 is 5.82 Å². The molecule has 1 aliphatic rings. The lowest BCUT2D eigenvalue weighted by Crippen LogP contribution is -2.08. The normalized spacial score (nSPS) is 16.4. The predicted octanol–water partition coefficient (Wildman–Crippen LogP) is 3.30. The molecular formula is C20H23N5O2. The molecule has 1 saturated heterocycles. The van der Waals surface area contributed by atoms with Crippen molar-refractivity contribution in [1.82, 2.24) is 20.2 Å². The van der Waals surface area contributed by atoms with Crippen molar-refractivity contribution in [3.8, 4) is 17.0 Å². The first-order valence-corrected chi connectivity index (χ1v) is 9.07. The molecule has 0 radical (unpaired) electrons. The molecule has 27 heavy (non-hydrogen) atoms. The third-order valence-electron chi connectivity index (χ3n) is 4.76. The van der Waals surface area contributed by atoms with E-state index in [1.807, 2.05) is 43.5 Å². The van der Waals surface area contributed by atoms with Crippen LogP contribution in [-0.2, 0) is 11.3 Å². The van der Waals surface area contributed by atoms with Gasteiger partial charge in [-0.1, -0.05) is 0 Å². The van der Waals surface area contributed by atoms with Crippen LogP contribution in [0.1, 0.15) is 29.4 Å². The van der Waals surface area contributed by atoms with Crippen molar-refractivity contribution < 1.29 is 9.47 Å². The lowest BCUT2D eigenvalue weighted by atomic mass is 10.0. The Morgan fingerprint density at radius 3 is 2.85 bits per heavy atom. The summed E-state index contributed by atoms with van der Waals surface area (Å²) in [6.07, 6.45) is 2.85. The fraction of sp³-hybridized carbons (Fsp3) is 0.350. The summed E-state index contributed by atoms with van der Waals surface area (Å²) in [6, 6.07) is 9.94. The highest BCUT2D eigenvalue weighted by Gasteiger charge is 2.20. The molecule has 3 aromatic rings. The summed E-state index contributed by atoms with van der Waals surface area (Å²) in [7, 11) is 1.66. The quantitative estimate of drug-likeness (QED) is 0.697. The minimum atomic E-state index is 0.357. The van der Waals surface area contributed by atoms with E-state index in [-0.39, 0.29) is 0 Å². The third-order valence-corrected chi connectivity index (χ3v) is 4.76. The summed E-state index contributed by atoms with van der Waals surface area (Å²) in [5.41, 5.74) is 4.17. The molecule has 1 aromatic carbocycles. The number of aromatic amines is 1. The molecule has 7 heteroatoms. The van der Waals surface area contributed by atoms with E-state index in [9.17, 15) is 0 Å². The Balaban J connectivity index is 1.50. The third kappa shape index (κ3) is 3.93. The molecule has 1 fully saturated rings. The summed E-state index contributed by atoms with van der Waals surface area (Å²) >= 11 is 0. The number of hydrogen-bond donors (Lipinski definition) is 2. The Kier molecular flexibility index (Phi) is 5.02. The molecule has 0 amide bonds. The van der Waals surface area contributed by atoms with Crippen LogP contribution in [0.5, 0.6) is 5.75 Å². The maximum Gasteiger partial charge on any atom is 0.130 e. The number of nitrogens with zero attached hydrogens (tertiary/aromatic N) is 3. The Bertz CT molecular complexity index is 901. The predicted molar refractivity (Wildman–Crippen MR) is 103 cm³/mol. The van der Waals surface area contributed by atoms with Crippen LogP contribution in [0.3, 0.4) is 0 Å². The van der Waals surface area contributed by atoms with E-state index < -0.39 is 0 Å². The van der Waals surface area contributed by atoms with Crippen molar-refractivity contribution in [1.29, 1.82) is 0 Å². The lowest BCUT2D eigenvalue weighted by molar-refractivity contribution is 0.193. The highest BCUT2D eigenvalue weighted by Crippen LogP contribution is 2.26. The van der Waals surface area contributed by atoms with Gasteiger partial charge < -0.3 is 14.8 Å². The fourth-order valence-corrected chi connectivity index (χ4v) is 3.30. The monoisotopic (exact) mass is 365 g/mol. The molecule has 0 saturated carbocycles. The van der Waals surface area contributed by atoms with Crippen LogP contribution in [0, 0.1) is 6.92 Å². The molecule has 0 aliphatic carbocycles. The summed E-state index contributed by atoms with van der Waals surface area (Å²) in [5, 5.41) is 10.7. The minimum absolute atomic E-state index is 0.357. The number of H-pyrrole nitrogens is 1. The zero-order valence-corrected chi connectivity index (χ0v) is 15.5. The molecule has 7 nitrogen and oxygen atoms in total. The van der Waals surface area contributed by atoms with E-state index in [2.05, 4.69) is 25.5 Å². The summed E-state index contributed by atoms with van der Waals surface area (Å²) in [6.45, 7) is 4.08. The van der Waals surface area contributed by atoms with Crippen molar-refractivity contribution in [2.24, 2.45) is 0 Å². The van der Waals surface area contributed by atoms with Gasteiger partial charge in [0.1, 0.15) is 17.4 Å². The highest BCUT2D eigenvalue weighted by molar-refractivity contribution is 5.64. The molecule has 2 N–H and O–H groups in total. The standard InChI is InChI=1S/C20H23N5O2/c1-13-23-18(15-7-8-27-12-15)9-19(24-13)21-10-16-11-22-25-20(16)14-3-5-17(26-2)6-4-14/h3-6,9,11,15H,7-8,10,12H2,1-2H3,(H,22,25)(H,21,23,24)/t15-/m1/s1. The second-order valence-electron chi connectivity index (χ2n) is 6.64. The SMILES string of the molecule is COc1ccc(-c2[nH]ncc2CNc2cc([C@@H]3CCOC3)nc(C)n2)cc1. The van der Waals surface area contributed by atoms with Gasteiger partial charge >= 0.3 is 0 Å². The molecule has 0 spiro atoms. The van der Waals surface area contributed by atoms with Gasteiger partial charge in [0.05, 0.1) is 31.3 Å². The van der Waals surface area contributed by atoms with E-state index in [0.717, 1.165) is 59.5 Å². The molecule has 2 aromatic heterocycles. The maximum absolute atomic E-state index is 5.49. The summed E-state index contributed by atoms with van der Waals surface area (Å²) in [4.78, 5) is 9.10. The van der Waals surface area contributed by atoms with Gasteiger partial charge in [-0.15, -0.1) is 0 Å². The van der Waals surface area contributed by atoms with Gasteiger partial charge in [0.15, 0.2) is 0 Å². The zero-order valence-electron chi connectivity index (χ0n) is 15.5.